The summed E-state index contributed by atoms with van der Waals surface area (Å²) >= 11 is 0. The van der Waals surface area contributed by atoms with Gasteiger partial charge in [-0.2, -0.15) is 0 Å². The van der Waals surface area contributed by atoms with Crippen molar-refractivity contribution in [2.24, 2.45) is 0 Å². The topological polar surface area (TPSA) is 135 Å². The molecule has 0 heterocycles. The van der Waals surface area contributed by atoms with Crippen molar-refractivity contribution in [2.75, 3.05) is 0 Å². The molecule has 0 aromatic rings. The third-order valence-corrected chi connectivity index (χ3v) is 9.72. The van der Waals surface area contributed by atoms with Crippen LogP contribution in [0.25, 0.3) is 0 Å². The van der Waals surface area contributed by atoms with Crippen LogP contribution in [0.15, 0.2) is 0 Å². The van der Waals surface area contributed by atoms with Crippen LogP contribution in [0.4, 0.5) is 0 Å². The van der Waals surface area contributed by atoms with Crippen molar-refractivity contribution in [2.45, 2.75) is 271 Å². The van der Waals surface area contributed by atoms with E-state index in [1.165, 1.54) is 193 Å². The number of carboxylic acid groups (broad SMARTS) is 2. The number of hydrogen-bond donors (Lipinski definition) is 5. The van der Waals surface area contributed by atoms with Crippen LogP contribution in [-0.4, -0.2) is 55.8 Å². The lowest BCUT2D eigenvalue weighted by Crippen LogP contribution is -2.22. The van der Waals surface area contributed by atoms with Gasteiger partial charge >= 0.3 is 11.9 Å². The zero-order chi connectivity index (χ0) is 38.6. The Labute approximate surface area is 317 Å². The maximum absolute atomic E-state index is 9.95. The van der Waals surface area contributed by atoms with Crippen LogP contribution in [-0.2, 0) is 9.59 Å². The summed E-state index contributed by atoms with van der Waals surface area (Å²) in [5.41, 5.74) is 0. The van der Waals surface area contributed by atoms with Crippen LogP contribution in [0.1, 0.15) is 252 Å². The standard InChI is InChI=1S/2C20H42O.C4H6O5/c2*1-3-5-7-9-11-12-13-15-17-19-20(21)18-16-14-10-8-6-4-2;5-2(4(8)9)1-3(6)7/h2*20-21H,3-19H2,1-2H3;2,5H,1H2,(H,6,7)(H,8,9). The minimum absolute atomic E-state index is 0.0271. The van der Waals surface area contributed by atoms with Crippen molar-refractivity contribution in [1.29, 1.82) is 0 Å². The van der Waals surface area contributed by atoms with Gasteiger partial charge in [0.1, 0.15) is 0 Å². The summed E-state index contributed by atoms with van der Waals surface area (Å²) < 4.78 is 0. The molecule has 0 saturated heterocycles. The van der Waals surface area contributed by atoms with E-state index in [2.05, 4.69) is 27.7 Å². The van der Waals surface area contributed by atoms with Crippen LogP contribution in [0, 0.1) is 0 Å². The molecule has 0 aliphatic heterocycles. The smallest absolute Gasteiger partial charge is 0.333 e. The maximum Gasteiger partial charge on any atom is 0.333 e. The molecule has 0 amide bonds. The third kappa shape index (κ3) is 53.3. The van der Waals surface area contributed by atoms with Crippen molar-refractivity contribution >= 4 is 11.9 Å². The summed E-state index contributed by atoms with van der Waals surface area (Å²) in [5, 5.41) is 44.0. The van der Waals surface area contributed by atoms with Crippen molar-refractivity contribution in [3.05, 3.63) is 0 Å². The molecule has 0 radical (unpaired) electrons. The number of aliphatic hydroxyl groups excluding tert-OH is 3. The van der Waals surface area contributed by atoms with Crippen LogP contribution in [0.3, 0.4) is 0 Å². The molecule has 0 aromatic heterocycles. The van der Waals surface area contributed by atoms with Gasteiger partial charge in [-0.05, 0) is 25.7 Å². The summed E-state index contributed by atoms with van der Waals surface area (Å²) in [4.78, 5) is 19.4. The van der Waals surface area contributed by atoms with E-state index in [1.54, 1.807) is 0 Å². The number of hydrogen-bond acceptors (Lipinski definition) is 5. The van der Waals surface area contributed by atoms with Gasteiger partial charge in [0, 0.05) is 0 Å². The van der Waals surface area contributed by atoms with E-state index in [1.807, 2.05) is 0 Å². The molecule has 3 atom stereocenters. The first-order valence-electron chi connectivity index (χ1n) is 22.1. The van der Waals surface area contributed by atoms with Crippen molar-refractivity contribution in [1.82, 2.24) is 0 Å². The van der Waals surface area contributed by atoms with E-state index in [0.29, 0.717) is 0 Å². The van der Waals surface area contributed by atoms with Gasteiger partial charge in [-0.1, -0.05) is 220 Å². The highest BCUT2D eigenvalue weighted by atomic mass is 16.4. The highest BCUT2D eigenvalue weighted by Gasteiger charge is 2.16. The van der Waals surface area contributed by atoms with Crippen LogP contribution < -0.4 is 0 Å². The summed E-state index contributed by atoms with van der Waals surface area (Å²) in [6.45, 7) is 9.07. The van der Waals surface area contributed by atoms with Gasteiger partial charge in [-0.25, -0.2) is 4.79 Å². The molecule has 3 unspecified atom stereocenters. The van der Waals surface area contributed by atoms with Gasteiger partial charge in [-0.15, -0.1) is 0 Å². The Morgan fingerprint density at radius 1 is 0.353 bits per heavy atom. The molecular weight excluding hydrogens is 640 g/mol. The second kappa shape index (κ2) is 46.8. The van der Waals surface area contributed by atoms with E-state index in [-0.39, 0.29) is 12.2 Å². The van der Waals surface area contributed by atoms with Crippen LogP contribution in [0.5, 0.6) is 0 Å². The fraction of sp³-hybridized carbons (Fsp3) is 0.955. The quantitative estimate of drug-likeness (QED) is 0.0401. The zero-order valence-corrected chi connectivity index (χ0v) is 34.5. The second-order valence-corrected chi connectivity index (χ2v) is 15.1. The van der Waals surface area contributed by atoms with Crippen LogP contribution >= 0.6 is 0 Å². The fourth-order valence-corrected chi connectivity index (χ4v) is 6.24. The Balaban J connectivity index is -0.000000731. The number of aliphatic hydroxyl groups is 3. The van der Waals surface area contributed by atoms with Gasteiger partial charge in [0.15, 0.2) is 6.10 Å². The molecule has 7 heteroatoms. The van der Waals surface area contributed by atoms with Crippen molar-refractivity contribution < 1.29 is 35.1 Å². The molecule has 0 aliphatic rings. The fourth-order valence-electron chi connectivity index (χ4n) is 6.24. The number of aliphatic carboxylic acids is 2. The van der Waals surface area contributed by atoms with Gasteiger partial charge in [0.2, 0.25) is 0 Å². The Hall–Kier alpha value is -1.18. The minimum Gasteiger partial charge on any atom is -0.481 e. The molecule has 51 heavy (non-hydrogen) atoms. The predicted molar refractivity (Wildman–Crippen MR) is 218 cm³/mol. The summed E-state index contributed by atoms with van der Waals surface area (Å²) in [6.07, 6.45) is 42.2. The lowest BCUT2D eigenvalue weighted by Gasteiger charge is -2.10. The van der Waals surface area contributed by atoms with Gasteiger partial charge < -0.3 is 25.5 Å². The van der Waals surface area contributed by atoms with E-state index in [0.717, 1.165) is 25.7 Å². The lowest BCUT2D eigenvalue weighted by molar-refractivity contribution is -0.152. The average Bonchev–Trinajstić information content (AvgIpc) is 3.10. The van der Waals surface area contributed by atoms with Gasteiger partial charge in [-0.3, -0.25) is 4.79 Å². The summed E-state index contributed by atoms with van der Waals surface area (Å²) in [5.74, 6) is -2.85. The summed E-state index contributed by atoms with van der Waals surface area (Å²) in [6, 6.07) is 0. The number of carbonyl (C=O) groups is 2. The predicted octanol–water partition coefficient (Wildman–Crippen LogP) is 12.9. The van der Waals surface area contributed by atoms with E-state index < -0.39 is 24.5 Å². The van der Waals surface area contributed by atoms with Crippen molar-refractivity contribution in [3.8, 4) is 0 Å². The Morgan fingerprint density at radius 2 is 0.549 bits per heavy atom. The molecule has 0 rings (SSSR count). The highest BCUT2D eigenvalue weighted by Crippen LogP contribution is 2.16. The molecule has 0 aromatic carbocycles. The lowest BCUT2D eigenvalue weighted by atomic mass is 10.0. The number of rotatable bonds is 37. The molecular formula is C44H90O7. The highest BCUT2D eigenvalue weighted by molar-refractivity contribution is 5.79. The molecule has 5 N–H and O–H groups in total. The molecule has 0 aliphatic carbocycles. The molecule has 0 saturated carbocycles. The second-order valence-electron chi connectivity index (χ2n) is 15.1. The largest absolute Gasteiger partial charge is 0.481 e. The van der Waals surface area contributed by atoms with Gasteiger partial charge in [0.25, 0.3) is 0 Å². The van der Waals surface area contributed by atoms with Gasteiger partial charge in [0.05, 0.1) is 18.6 Å². The number of unbranched alkanes of at least 4 members (excludes halogenated alkanes) is 26. The average molecular weight is 731 g/mol. The molecule has 308 valence electrons. The number of carboxylic acids is 2. The SMILES string of the molecule is CCCCCCCCCCCC(O)CCCCCCCC.CCCCCCCCCCCC(O)CCCCCCCC.O=C(O)CC(O)C(=O)O. The van der Waals surface area contributed by atoms with E-state index >= 15 is 0 Å². The zero-order valence-electron chi connectivity index (χ0n) is 34.5. The van der Waals surface area contributed by atoms with E-state index in [4.69, 9.17) is 15.3 Å². The third-order valence-electron chi connectivity index (χ3n) is 9.72. The summed E-state index contributed by atoms with van der Waals surface area (Å²) in [7, 11) is 0. The molecule has 7 nitrogen and oxygen atoms in total. The van der Waals surface area contributed by atoms with Crippen LogP contribution in [0.2, 0.25) is 0 Å². The Kier molecular flexibility index (Phi) is 49.7. The van der Waals surface area contributed by atoms with Crippen molar-refractivity contribution in [3.63, 3.8) is 0 Å². The molecule has 0 spiro atoms. The van der Waals surface area contributed by atoms with E-state index in [9.17, 15) is 19.8 Å². The normalized spacial score (nSPS) is 12.7. The molecule has 0 fully saturated rings. The first-order valence-corrected chi connectivity index (χ1v) is 22.1. The first-order chi connectivity index (χ1) is 24.7. The first kappa shape index (κ1) is 54.2. The minimum atomic E-state index is -1.79. The Morgan fingerprint density at radius 3 is 0.706 bits per heavy atom. The molecule has 0 bridgehead atoms. The maximum atomic E-state index is 9.95. The Bertz CT molecular complexity index is 632. The monoisotopic (exact) mass is 731 g/mol.